The van der Waals surface area contributed by atoms with Gasteiger partial charge in [-0.15, -0.1) is 11.8 Å². The molecule has 106 valence electrons. The Balaban J connectivity index is 2.17. The fourth-order valence-electron chi connectivity index (χ4n) is 1.87. The number of aryl methyl sites for hydroxylation is 1. The van der Waals surface area contributed by atoms with Crippen LogP contribution in [0.1, 0.15) is 36.8 Å². The zero-order chi connectivity index (χ0) is 14.5. The van der Waals surface area contributed by atoms with E-state index in [-0.39, 0.29) is 0 Å². The Morgan fingerprint density at radius 2 is 1.95 bits per heavy atom. The summed E-state index contributed by atoms with van der Waals surface area (Å²) in [6, 6.07) is 10.4. The summed E-state index contributed by atoms with van der Waals surface area (Å²) in [6.45, 7) is 6.44. The average molecular weight is 287 g/mol. The second kappa shape index (κ2) is 6.75. The van der Waals surface area contributed by atoms with Crippen LogP contribution in [-0.4, -0.2) is 17.0 Å². The van der Waals surface area contributed by atoms with Crippen molar-refractivity contribution in [2.45, 2.75) is 37.3 Å². The maximum absolute atomic E-state index is 4.65. The maximum Gasteiger partial charge on any atom is 0.141 e. The Labute approximate surface area is 125 Å². The van der Waals surface area contributed by atoms with Crippen LogP contribution < -0.4 is 5.32 Å². The molecule has 0 unspecified atom stereocenters. The molecule has 1 aromatic heterocycles. The van der Waals surface area contributed by atoms with Crippen LogP contribution >= 0.6 is 11.8 Å². The summed E-state index contributed by atoms with van der Waals surface area (Å²) >= 11 is 1.79. The Morgan fingerprint density at radius 3 is 2.60 bits per heavy atom. The summed E-state index contributed by atoms with van der Waals surface area (Å²) in [5.41, 5.74) is 2.39. The van der Waals surface area contributed by atoms with E-state index in [9.17, 15) is 0 Å². The lowest BCUT2D eigenvalue weighted by molar-refractivity contribution is 0.800. The van der Waals surface area contributed by atoms with Crippen molar-refractivity contribution in [2.24, 2.45) is 0 Å². The second-order valence-electron chi connectivity index (χ2n) is 5.05. The normalized spacial score (nSPS) is 10.8. The van der Waals surface area contributed by atoms with Crippen LogP contribution in [0.3, 0.4) is 0 Å². The van der Waals surface area contributed by atoms with Crippen molar-refractivity contribution < 1.29 is 0 Å². The van der Waals surface area contributed by atoms with Gasteiger partial charge in [0, 0.05) is 23.7 Å². The monoisotopic (exact) mass is 287 g/mol. The van der Waals surface area contributed by atoms with E-state index < -0.39 is 0 Å². The topological polar surface area (TPSA) is 37.8 Å². The second-order valence-corrected chi connectivity index (χ2v) is 6.07. The Hall–Kier alpha value is -1.55. The van der Waals surface area contributed by atoms with Crippen LogP contribution in [-0.2, 0) is 5.75 Å². The van der Waals surface area contributed by atoms with Crippen molar-refractivity contribution >= 4 is 17.6 Å². The minimum atomic E-state index is 0.410. The average Bonchev–Trinajstić information content (AvgIpc) is 2.46. The van der Waals surface area contributed by atoms with E-state index >= 15 is 0 Å². The molecule has 0 saturated carbocycles. The van der Waals surface area contributed by atoms with Crippen molar-refractivity contribution in [2.75, 3.05) is 12.4 Å². The predicted octanol–water partition coefficient (Wildman–Crippen LogP) is 4.24. The van der Waals surface area contributed by atoms with Crippen molar-refractivity contribution in [1.29, 1.82) is 0 Å². The first-order valence-corrected chi connectivity index (χ1v) is 7.82. The molecule has 1 aromatic carbocycles. The Morgan fingerprint density at radius 1 is 1.20 bits per heavy atom. The number of nitrogens with zero attached hydrogens (tertiary/aromatic N) is 2. The van der Waals surface area contributed by atoms with Gasteiger partial charge in [0.1, 0.15) is 11.6 Å². The van der Waals surface area contributed by atoms with Gasteiger partial charge in [-0.2, -0.15) is 0 Å². The Bertz CT molecular complexity index is 582. The summed E-state index contributed by atoms with van der Waals surface area (Å²) in [7, 11) is 1.89. The summed E-state index contributed by atoms with van der Waals surface area (Å²) < 4.78 is 0. The summed E-state index contributed by atoms with van der Waals surface area (Å²) in [5, 5.41) is 3.11. The fourth-order valence-corrected chi connectivity index (χ4v) is 2.75. The van der Waals surface area contributed by atoms with Gasteiger partial charge >= 0.3 is 0 Å². The van der Waals surface area contributed by atoms with E-state index in [1.165, 1.54) is 10.5 Å². The highest BCUT2D eigenvalue weighted by Gasteiger charge is 2.08. The number of benzene rings is 1. The number of thioether (sulfide) groups is 1. The van der Waals surface area contributed by atoms with E-state index in [2.05, 4.69) is 60.3 Å². The van der Waals surface area contributed by atoms with Gasteiger partial charge in [-0.05, 0) is 24.5 Å². The molecule has 0 saturated heterocycles. The number of anilines is 1. The highest BCUT2D eigenvalue weighted by atomic mass is 32.2. The molecule has 1 N–H and O–H groups in total. The zero-order valence-corrected chi connectivity index (χ0v) is 13.3. The van der Waals surface area contributed by atoms with Crippen molar-refractivity contribution in [1.82, 2.24) is 9.97 Å². The smallest absolute Gasteiger partial charge is 0.141 e. The lowest BCUT2D eigenvalue weighted by Gasteiger charge is -2.10. The van der Waals surface area contributed by atoms with Gasteiger partial charge in [-0.3, -0.25) is 0 Å². The van der Waals surface area contributed by atoms with Crippen molar-refractivity contribution in [3.05, 3.63) is 47.4 Å². The van der Waals surface area contributed by atoms with Gasteiger partial charge < -0.3 is 5.32 Å². The lowest BCUT2D eigenvalue weighted by Crippen LogP contribution is -2.04. The molecule has 0 fully saturated rings. The molecule has 0 aliphatic heterocycles. The molecule has 20 heavy (non-hydrogen) atoms. The first-order chi connectivity index (χ1) is 9.60. The highest BCUT2D eigenvalue weighted by Crippen LogP contribution is 2.25. The number of nitrogens with one attached hydrogen (secondary N) is 1. The fraction of sp³-hybridized carbons (Fsp3) is 0.375. The van der Waals surface area contributed by atoms with Gasteiger partial charge in [0.05, 0.1) is 5.75 Å². The van der Waals surface area contributed by atoms with Gasteiger partial charge in [0.2, 0.25) is 0 Å². The summed E-state index contributed by atoms with van der Waals surface area (Å²) in [4.78, 5) is 10.5. The standard InChI is InChI=1S/C16H21N3S/c1-11(2)13-9-15(17-4)19-16(18-13)10-20-14-8-6-5-7-12(14)3/h5-9,11H,10H2,1-4H3,(H,17,18,19). The third kappa shape index (κ3) is 3.73. The molecule has 0 amide bonds. The Kier molecular flexibility index (Phi) is 5.01. The van der Waals surface area contributed by atoms with Crippen LogP contribution in [0.5, 0.6) is 0 Å². The van der Waals surface area contributed by atoms with E-state index in [0.717, 1.165) is 23.1 Å². The van der Waals surface area contributed by atoms with E-state index in [1.807, 2.05) is 13.1 Å². The SMILES string of the molecule is CNc1cc(C(C)C)nc(CSc2ccccc2C)n1. The number of hydrogen-bond donors (Lipinski definition) is 1. The van der Waals surface area contributed by atoms with E-state index in [1.54, 1.807) is 11.8 Å². The molecule has 0 radical (unpaired) electrons. The first kappa shape index (κ1) is 14.9. The molecule has 0 aliphatic carbocycles. The molecule has 0 spiro atoms. The van der Waals surface area contributed by atoms with Crippen LogP contribution in [0.15, 0.2) is 35.2 Å². The van der Waals surface area contributed by atoms with Crippen molar-refractivity contribution in [3.63, 3.8) is 0 Å². The number of hydrogen-bond acceptors (Lipinski definition) is 4. The van der Waals surface area contributed by atoms with E-state index in [0.29, 0.717) is 5.92 Å². The summed E-state index contributed by atoms with van der Waals surface area (Å²) in [5.74, 6) is 2.98. The minimum Gasteiger partial charge on any atom is -0.373 e. The minimum absolute atomic E-state index is 0.410. The van der Waals surface area contributed by atoms with Crippen LogP contribution in [0, 0.1) is 6.92 Å². The molecular weight excluding hydrogens is 266 g/mol. The van der Waals surface area contributed by atoms with Gasteiger partial charge in [0.15, 0.2) is 0 Å². The molecule has 2 rings (SSSR count). The molecule has 1 heterocycles. The predicted molar refractivity (Wildman–Crippen MR) is 86.4 cm³/mol. The summed E-state index contributed by atoms with van der Waals surface area (Å²) in [6.07, 6.45) is 0. The molecule has 3 nitrogen and oxygen atoms in total. The van der Waals surface area contributed by atoms with Crippen LogP contribution in [0.2, 0.25) is 0 Å². The van der Waals surface area contributed by atoms with E-state index in [4.69, 9.17) is 0 Å². The molecular formula is C16H21N3S. The quantitative estimate of drug-likeness (QED) is 0.835. The number of aromatic nitrogens is 2. The lowest BCUT2D eigenvalue weighted by atomic mass is 10.1. The maximum atomic E-state index is 4.65. The van der Waals surface area contributed by atoms with Crippen LogP contribution in [0.4, 0.5) is 5.82 Å². The molecule has 2 aromatic rings. The third-order valence-electron chi connectivity index (χ3n) is 3.09. The van der Waals surface area contributed by atoms with Gasteiger partial charge in [-0.1, -0.05) is 32.0 Å². The van der Waals surface area contributed by atoms with Crippen molar-refractivity contribution in [3.8, 4) is 0 Å². The molecule has 0 aliphatic rings. The van der Waals surface area contributed by atoms with Crippen LogP contribution in [0.25, 0.3) is 0 Å². The third-order valence-corrected chi connectivity index (χ3v) is 4.26. The van der Waals surface area contributed by atoms with Gasteiger partial charge in [-0.25, -0.2) is 9.97 Å². The van der Waals surface area contributed by atoms with Gasteiger partial charge in [0.25, 0.3) is 0 Å². The molecule has 0 bridgehead atoms. The zero-order valence-electron chi connectivity index (χ0n) is 12.5. The molecule has 0 atom stereocenters. The first-order valence-electron chi connectivity index (χ1n) is 6.84. The largest absolute Gasteiger partial charge is 0.373 e. The number of rotatable bonds is 5. The molecule has 4 heteroatoms. The highest BCUT2D eigenvalue weighted by molar-refractivity contribution is 7.98.